The molecule has 0 saturated heterocycles. The Hall–Kier alpha value is -0.930. The number of aryl methyl sites for hydroxylation is 2. The number of carbonyl (C=O) groups is 1. The van der Waals surface area contributed by atoms with Crippen LogP contribution >= 0.6 is 27.3 Å². The van der Waals surface area contributed by atoms with Gasteiger partial charge in [0.1, 0.15) is 0 Å². The van der Waals surface area contributed by atoms with E-state index in [0.717, 1.165) is 14.9 Å². The fourth-order valence-electron chi connectivity index (χ4n) is 1.71. The number of hydrogen-bond acceptors (Lipinski definition) is 2. The lowest BCUT2D eigenvalue weighted by molar-refractivity contribution is 0.0996. The van der Waals surface area contributed by atoms with Gasteiger partial charge < -0.3 is 0 Å². The summed E-state index contributed by atoms with van der Waals surface area (Å²) in [5.74, 6) is 0.189. The maximum atomic E-state index is 12.1. The highest BCUT2D eigenvalue weighted by atomic mass is 79.9. The maximum absolute atomic E-state index is 12.1. The van der Waals surface area contributed by atoms with Crippen LogP contribution < -0.4 is 0 Å². The molecule has 1 nitrogen and oxygen atoms in total. The van der Waals surface area contributed by atoms with E-state index in [1.165, 1.54) is 22.5 Å². The van der Waals surface area contributed by atoms with Crippen LogP contribution in [0.3, 0.4) is 0 Å². The molecule has 0 fully saturated rings. The number of benzene rings is 1. The Bertz CT molecular complexity index is 557. The fourth-order valence-corrected chi connectivity index (χ4v) is 3.08. The molecule has 0 aliphatic carbocycles. The molecule has 3 heteroatoms. The van der Waals surface area contributed by atoms with Gasteiger partial charge >= 0.3 is 0 Å². The Labute approximate surface area is 114 Å². The third-order valence-corrected chi connectivity index (χ3v) is 4.43. The first-order valence-electron chi connectivity index (χ1n) is 5.39. The van der Waals surface area contributed by atoms with Gasteiger partial charge in [-0.15, -0.1) is 11.3 Å². The van der Waals surface area contributed by atoms with Crippen molar-refractivity contribution in [1.29, 1.82) is 0 Å². The second-order valence-electron chi connectivity index (χ2n) is 4.16. The fraction of sp³-hybridized carbons (Fsp3) is 0.214. The van der Waals surface area contributed by atoms with Gasteiger partial charge in [-0.05, 0) is 47.0 Å². The minimum Gasteiger partial charge on any atom is -0.293 e. The lowest BCUT2D eigenvalue weighted by Gasteiger charge is -2.05. The zero-order valence-electron chi connectivity index (χ0n) is 9.79. The highest BCUT2D eigenvalue weighted by molar-refractivity contribution is 9.10. The molecule has 0 radical (unpaired) electrons. The Morgan fingerprint density at radius 1 is 1.29 bits per heavy atom. The van der Waals surface area contributed by atoms with Gasteiger partial charge in [-0.25, -0.2) is 0 Å². The average Bonchev–Trinajstić information content (AvgIpc) is 2.70. The van der Waals surface area contributed by atoms with Crippen LogP contribution in [-0.2, 0) is 6.42 Å². The molecule has 0 unspecified atom stereocenters. The summed E-state index contributed by atoms with van der Waals surface area (Å²) in [5.41, 5.74) is 3.50. The van der Waals surface area contributed by atoms with Crippen LogP contribution in [0.15, 0.2) is 34.1 Å². The standard InChI is InChI=1S/C14H13BrOS/c1-9-3-4-10(2)11(5-9)6-13(16)14-7-12(15)8-17-14/h3-5,7-8H,6H2,1-2H3. The predicted octanol–water partition coefficient (Wildman–Crippen LogP) is 4.55. The lowest BCUT2D eigenvalue weighted by Crippen LogP contribution is -2.03. The zero-order valence-corrected chi connectivity index (χ0v) is 12.2. The molecule has 0 aliphatic rings. The highest BCUT2D eigenvalue weighted by Crippen LogP contribution is 2.22. The molecule has 0 aliphatic heterocycles. The van der Waals surface area contributed by atoms with Crippen LogP contribution in [0, 0.1) is 13.8 Å². The Morgan fingerprint density at radius 2 is 2.06 bits per heavy atom. The van der Waals surface area contributed by atoms with Gasteiger partial charge in [0.2, 0.25) is 0 Å². The molecule has 1 heterocycles. The van der Waals surface area contributed by atoms with Gasteiger partial charge in [-0.3, -0.25) is 4.79 Å². The molecule has 88 valence electrons. The first-order chi connectivity index (χ1) is 8.06. The summed E-state index contributed by atoms with van der Waals surface area (Å²) in [4.78, 5) is 12.9. The molecule has 0 atom stereocenters. The molecule has 0 saturated carbocycles. The minimum absolute atomic E-state index is 0.189. The number of hydrogen-bond donors (Lipinski definition) is 0. The molecule has 1 aromatic heterocycles. The summed E-state index contributed by atoms with van der Waals surface area (Å²) in [7, 11) is 0. The third kappa shape index (κ3) is 3.05. The molecule has 0 spiro atoms. The molecule has 0 N–H and O–H groups in total. The van der Waals surface area contributed by atoms with E-state index in [1.54, 1.807) is 0 Å². The van der Waals surface area contributed by atoms with Gasteiger partial charge in [0.25, 0.3) is 0 Å². The van der Waals surface area contributed by atoms with Crippen LogP contribution in [0.2, 0.25) is 0 Å². The molecule has 2 aromatic rings. The SMILES string of the molecule is Cc1ccc(C)c(CC(=O)c2cc(Br)cs2)c1. The van der Waals surface area contributed by atoms with E-state index in [9.17, 15) is 4.79 Å². The van der Waals surface area contributed by atoms with Gasteiger partial charge in [0.05, 0.1) is 4.88 Å². The van der Waals surface area contributed by atoms with Crippen molar-refractivity contribution < 1.29 is 4.79 Å². The van der Waals surface area contributed by atoms with Crippen molar-refractivity contribution in [3.8, 4) is 0 Å². The molecule has 0 bridgehead atoms. The van der Waals surface area contributed by atoms with Crippen molar-refractivity contribution in [3.05, 3.63) is 55.7 Å². The monoisotopic (exact) mass is 308 g/mol. The lowest BCUT2D eigenvalue weighted by atomic mass is 10.0. The van der Waals surface area contributed by atoms with Crippen molar-refractivity contribution in [1.82, 2.24) is 0 Å². The molecule has 17 heavy (non-hydrogen) atoms. The van der Waals surface area contributed by atoms with Crippen molar-refractivity contribution in [2.24, 2.45) is 0 Å². The molecular formula is C14H13BrOS. The van der Waals surface area contributed by atoms with Gasteiger partial charge in [0, 0.05) is 16.3 Å². The van der Waals surface area contributed by atoms with Crippen LogP contribution in [0.1, 0.15) is 26.4 Å². The number of Topliss-reactive ketones (excluding diaryl/α,β-unsaturated/α-hetero) is 1. The highest BCUT2D eigenvalue weighted by Gasteiger charge is 2.11. The van der Waals surface area contributed by atoms with Crippen molar-refractivity contribution >= 4 is 33.0 Å². The first-order valence-corrected chi connectivity index (χ1v) is 7.07. The Kier molecular flexibility index (Phi) is 3.79. The van der Waals surface area contributed by atoms with Crippen molar-refractivity contribution in [2.75, 3.05) is 0 Å². The maximum Gasteiger partial charge on any atom is 0.177 e. The van der Waals surface area contributed by atoms with Gasteiger partial charge in [0.15, 0.2) is 5.78 Å². The topological polar surface area (TPSA) is 17.1 Å². The third-order valence-electron chi connectivity index (χ3n) is 2.70. The zero-order chi connectivity index (χ0) is 12.4. The normalized spacial score (nSPS) is 10.5. The molecule has 0 amide bonds. The molecular weight excluding hydrogens is 296 g/mol. The predicted molar refractivity (Wildman–Crippen MR) is 76.0 cm³/mol. The summed E-state index contributed by atoms with van der Waals surface area (Å²) in [6, 6.07) is 8.13. The van der Waals surface area contributed by atoms with E-state index in [1.807, 2.05) is 18.4 Å². The number of thiophene rings is 1. The van der Waals surface area contributed by atoms with Crippen molar-refractivity contribution in [3.63, 3.8) is 0 Å². The van der Waals surface area contributed by atoms with Crippen molar-refractivity contribution in [2.45, 2.75) is 20.3 Å². The van der Waals surface area contributed by atoms with Crippen LogP contribution in [0.5, 0.6) is 0 Å². The van der Waals surface area contributed by atoms with Crippen LogP contribution in [-0.4, -0.2) is 5.78 Å². The van der Waals surface area contributed by atoms with Crippen LogP contribution in [0.25, 0.3) is 0 Å². The Balaban J connectivity index is 2.21. The van der Waals surface area contributed by atoms with E-state index in [2.05, 4.69) is 41.1 Å². The quantitative estimate of drug-likeness (QED) is 0.760. The molecule has 1 aromatic carbocycles. The summed E-state index contributed by atoms with van der Waals surface area (Å²) in [5, 5.41) is 1.94. The second kappa shape index (κ2) is 5.15. The summed E-state index contributed by atoms with van der Waals surface area (Å²) in [6.45, 7) is 4.10. The summed E-state index contributed by atoms with van der Waals surface area (Å²) >= 11 is 4.86. The van der Waals surface area contributed by atoms with E-state index in [-0.39, 0.29) is 5.78 Å². The van der Waals surface area contributed by atoms with E-state index in [4.69, 9.17) is 0 Å². The van der Waals surface area contributed by atoms with Gasteiger partial charge in [-0.1, -0.05) is 23.8 Å². The largest absolute Gasteiger partial charge is 0.293 e. The van der Waals surface area contributed by atoms with E-state index in [0.29, 0.717) is 6.42 Å². The van der Waals surface area contributed by atoms with Crippen LogP contribution in [0.4, 0.5) is 0 Å². The summed E-state index contributed by atoms with van der Waals surface area (Å²) in [6.07, 6.45) is 0.487. The minimum atomic E-state index is 0.189. The average molecular weight is 309 g/mol. The van der Waals surface area contributed by atoms with E-state index >= 15 is 0 Å². The first kappa shape index (κ1) is 12.5. The summed E-state index contributed by atoms with van der Waals surface area (Å²) < 4.78 is 0.979. The second-order valence-corrected chi connectivity index (χ2v) is 5.99. The van der Waals surface area contributed by atoms with E-state index < -0.39 is 0 Å². The number of carbonyl (C=O) groups excluding carboxylic acids is 1. The number of ketones is 1. The number of rotatable bonds is 3. The smallest absolute Gasteiger partial charge is 0.177 e. The number of halogens is 1. The Morgan fingerprint density at radius 3 is 2.71 bits per heavy atom. The van der Waals surface area contributed by atoms with Gasteiger partial charge in [-0.2, -0.15) is 0 Å². The molecule has 2 rings (SSSR count).